The van der Waals surface area contributed by atoms with Crippen molar-refractivity contribution in [1.29, 1.82) is 0 Å². The number of anilines is 2. The van der Waals surface area contributed by atoms with Gasteiger partial charge in [0.1, 0.15) is 5.60 Å². The molecule has 2 rings (SSSR count). The van der Waals surface area contributed by atoms with Crippen molar-refractivity contribution in [1.82, 2.24) is 0 Å². The van der Waals surface area contributed by atoms with Gasteiger partial charge >= 0.3 is 5.92 Å². The van der Waals surface area contributed by atoms with E-state index in [1.54, 1.807) is 0 Å². The lowest BCUT2D eigenvalue weighted by molar-refractivity contribution is -0.212. The number of hydrogen-bond donors (Lipinski definition) is 3. The molecule has 0 saturated heterocycles. The summed E-state index contributed by atoms with van der Waals surface area (Å²) >= 11 is 5.85. The first kappa shape index (κ1) is 16.6. The van der Waals surface area contributed by atoms with E-state index in [0.29, 0.717) is 12.1 Å². The fourth-order valence-electron chi connectivity index (χ4n) is 2.14. The molecule has 0 aromatic heterocycles. The largest absolute Gasteiger partial charge is 0.383 e. The molecule has 0 heterocycles. The van der Waals surface area contributed by atoms with Crippen molar-refractivity contribution in [3.05, 3.63) is 23.2 Å². The zero-order chi connectivity index (χ0) is 16.5. The number of aliphatic hydroxyl groups is 1. The van der Waals surface area contributed by atoms with Crippen molar-refractivity contribution in [2.75, 3.05) is 10.6 Å². The van der Waals surface area contributed by atoms with E-state index >= 15 is 0 Å². The minimum absolute atomic E-state index is 0.0406. The van der Waals surface area contributed by atoms with E-state index in [4.69, 9.17) is 11.6 Å². The van der Waals surface area contributed by atoms with Gasteiger partial charge in [0.2, 0.25) is 5.91 Å². The number of rotatable bonds is 4. The van der Waals surface area contributed by atoms with Crippen LogP contribution in [0.2, 0.25) is 5.02 Å². The molecule has 1 saturated carbocycles. The van der Waals surface area contributed by atoms with E-state index in [1.807, 2.05) is 5.32 Å². The van der Waals surface area contributed by atoms with Crippen LogP contribution in [-0.4, -0.2) is 28.4 Å². The van der Waals surface area contributed by atoms with Gasteiger partial charge in [-0.1, -0.05) is 11.6 Å². The molecule has 2 amide bonds. The standard InChI is InChI=1S/C14H15ClF2N2O3/c1-8(20)18-9-3-4-10(15)11(7-9)19-12(21)14(16,17)13(22)5-2-6-13/h3-4,7,22H,2,5-6H2,1H3,(H,18,20)(H,19,21). The number of halogens is 3. The van der Waals surface area contributed by atoms with Crippen LogP contribution >= 0.6 is 11.6 Å². The maximum atomic E-state index is 14.0. The highest BCUT2D eigenvalue weighted by atomic mass is 35.5. The molecule has 22 heavy (non-hydrogen) atoms. The van der Waals surface area contributed by atoms with Crippen LogP contribution in [0.25, 0.3) is 0 Å². The summed E-state index contributed by atoms with van der Waals surface area (Å²) in [5.74, 6) is -5.90. The van der Waals surface area contributed by atoms with Crippen molar-refractivity contribution >= 4 is 34.8 Å². The SMILES string of the molecule is CC(=O)Nc1ccc(Cl)c(NC(=O)C(F)(F)C2(O)CCC2)c1. The van der Waals surface area contributed by atoms with Crippen molar-refractivity contribution in [2.45, 2.75) is 37.7 Å². The molecule has 120 valence electrons. The van der Waals surface area contributed by atoms with Gasteiger partial charge in [-0.25, -0.2) is 0 Å². The minimum atomic E-state index is -3.92. The van der Waals surface area contributed by atoms with E-state index in [-0.39, 0.29) is 29.5 Å². The van der Waals surface area contributed by atoms with Gasteiger partial charge in [-0.2, -0.15) is 8.78 Å². The molecule has 0 atom stereocenters. The minimum Gasteiger partial charge on any atom is -0.383 e. The molecule has 1 aliphatic carbocycles. The zero-order valence-electron chi connectivity index (χ0n) is 11.8. The average molecular weight is 333 g/mol. The van der Waals surface area contributed by atoms with Crippen molar-refractivity contribution in [3.63, 3.8) is 0 Å². The molecule has 1 fully saturated rings. The second-order valence-corrected chi connectivity index (χ2v) is 5.70. The Bertz CT molecular complexity index is 618. The Hall–Kier alpha value is -1.73. The number of hydrogen-bond acceptors (Lipinski definition) is 3. The molecule has 8 heteroatoms. The van der Waals surface area contributed by atoms with Crippen molar-refractivity contribution < 1.29 is 23.5 Å². The zero-order valence-corrected chi connectivity index (χ0v) is 12.5. The van der Waals surface area contributed by atoms with Crippen molar-refractivity contribution in [2.24, 2.45) is 0 Å². The third-order valence-corrected chi connectivity index (χ3v) is 3.91. The summed E-state index contributed by atoms with van der Waals surface area (Å²) in [6.07, 6.45) is 0.179. The van der Waals surface area contributed by atoms with Gasteiger partial charge in [0.25, 0.3) is 5.91 Å². The maximum absolute atomic E-state index is 14.0. The van der Waals surface area contributed by atoms with Gasteiger partial charge in [0.15, 0.2) is 0 Å². The molecule has 0 spiro atoms. The van der Waals surface area contributed by atoms with E-state index in [0.717, 1.165) is 0 Å². The Morgan fingerprint density at radius 3 is 2.45 bits per heavy atom. The third-order valence-electron chi connectivity index (χ3n) is 3.59. The topological polar surface area (TPSA) is 78.4 Å². The number of carbonyl (C=O) groups is 2. The number of carbonyl (C=O) groups excluding carboxylic acids is 2. The van der Waals surface area contributed by atoms with Crippen LogP contribution in [0.1, 0.15) is 26.2 Å². The molecule has 3 N–H and O–H groups in total. The van der Waals surface area contributed by atoms with Crippen LogP contribution < -0.4 is 10.6 Å². The Balaban J connectivity index is 2.19. The average Bonchev–Trinajstić information content (AvgIpc) is 2.38. The Kier molecular flexibility index (Phi) is 4.39. The van der Waals surface area contributed by atoms with Crippen LogP contribution in [0.3, 0.4) is 0 Å². The number of nitrogens with one attached hydrogen (secondary N) is 2. The molecule has 1 aliphatic rings. The van der Waals surface area contributed by atoms with Gasteiger partial charge in [-0.3, -0.25) is 9.59 Å². The molecule has 0 bridgehead atoms. The predicted molar refractivity (Wildman–Crippen MR) is 78.1 cm³/mol. The Morgan fingerprint density at radius 2 is 1.95 bits per heavy atom. The van der Waals surface area contributed by atoms with Gasteiger partial charge in [-0.05, 0) is 37.5 Å². The fourth-order valence-corrected chi connectivity index (χ4v) is 2.30. The van der Waals surface area contributed by atoms with Gasteiger partial charge in [-0.15, -0.1) is 0 Å². The van der Waals surface area contributed by atoms with Gasteiger partial charge < -0.3 is 15.7 Å². The Labute approximate surface area is 130 Å². The van der Waals surface area contributed by atoms with Crippen LogP contribution in [0, 0.1) is 0 Å². The van der Waals surface area contributed by atoms with E-state index < -0.39 is 17.4 Å². The van der Waals surface area contributed by atoms with E-state index in [2.05, 4.69) is 5.32 Å². The molecule has 5 nitrogen and oxygen atoms in total. The van der Waals surface area contributed by atoms with Crippen LogP contribution in [0.4, 0.5) is 20.2 Å². The van der Waals surface area contributed by atoms with E-state index in [1.165, 1.54) is 25.1 Å². The summed E-state index contributed by atoms with van der Waals surface area (Å²) in [6.45, 7) is 1.28. The predicted octanol–water partition coefficient (Wildman–Crippen LogP) is 2.79. The van der Waals surface area contributed by atoms with Gasteiger partial charge in [0, 0.05) is 12.6 Å². The summed E-state index contributed by atoms with van der Waals surface area (Å²) in [5.41, 5.74) is -2.07. The first-order valence-corrected chi connectivity index (χ1v) is 7.02. The Morgan fingerprint density at radius 1 is 1.32 bits per heavy atom. The van der Waals surface area contributed by atoms with Crippen LogP contribution in [0.5, 0.6) is 0 Å². The quantitative estimate of drug-likeness (QED) is 0.793. The second-order valence-electron chi connectivity index (χ2n) is 5.29. The number of benzene rings is 1. The highest BCUT2D eigenvalue weighted by molar-refractivity contribution is 6.34. The second kappa shape index (κ2) is 5.81. The lowest BCUT2D eigenvalue weighted by Gasteiger charge is -2.41. The third kappa shape index (κ3) is 3.05. The summed E-state index contributed by atoms with van der Waals surface area (Å²) in [6, 6.07) is 4.10. The molecule has 0 aliphatic heterocycles. The van der Waals surface area contributed by atoms with Crippen LogP contribution in [0.15, 0.2) is 18.2 Å². The molecular formula is C14H15ClF2N2O3. The lowest BCUT2D eigenvalue weighted by atomic mass is 9.75. The highest BCUT2D eigenvalue weighted by Crippen LogP contribution is 2.44. The smallest absolute Gasteiger partial charge is 0.352 e. The monoisotopic (exact) mass is 332 g/mol. The molecular weight excluding hydrogens is 318 g/mol. The highest BCUT2D eigenvalue weighted by Gasteiger charge is 2.61. The lowest BCUT2D eigenvalue weighted by Crippen LogP contribution is -2.59. The number of alkyl halides is 2. The summed E-state index contributed by atoms with van der Waals surface area (Å²) in [7, 11) is 0. The van der Waals surface area contributed by atoms with Crippen LogP contribution in [-0.2, 0) is 9.59 Å². The molecule has 0 radical (unpaired) electrons. The molecule has 1 aromatic rings. The fraction of sp³-hybridized carbons (Fsp3) is 0.429. The first-order valence-electron chi connectivity index (χ1n) is 6.64. The van der Waals surface area contributed by atoms with Gasteiger partial charge in [0.05, 0.1) is 10.7 Å². The van der Waals surface area contributed by atoms with E-state index in [9.17, 15) is 23.5 Å². The summed E-state index contributed by atoms with van der Waals surface area (Å²) in [5, 5.41) is 14.2. The molecule has 0 unspecified atom stereocenters. The summed E-state index contributed by atoms with van der Waals surface area (Å²) < 4.78 is 28.0. The van der Waals surface area contributed by atoms with Crippen molar-refractivity contribution in [3.8, 4) is 0 Å². The summed E-state index contributed by atoms with van der Waals surface area (Å²) in [4.78, 5) is 22.8. The first-order chi connectivity index (χ1) is 10.2. The number of amides is 2. The normalized spacial score (nSPS) is 16.6. The maximum Gasteiger partial charge on any atom is 0.352 e. The molecule has 1 aromatic carbocycles.